The Morgan fingerprint density at radius 3 is 2.29 bits per heavy atom. The SMILES string of the molecule is CCCCN1C(=O)C(=O)/C(=C(/O)c2cc(C(C)(C)C)ccc2C)C1c1ccc(OC(C)C)cc1. The van der Waals surface area contributed by atoms with Crippen molar-refractivity contribution < 1.29 is 19.4 Å². The lowest BCUT2D eigenvalue weighted by atomic mass is 9.84. The van der Waals surface area contributed by atoms with Gasteiger partial charge in [0.2, 0.25) is 0 Å². The molecule has 182 valence electrons. The van der Waals surface area contributed by atoms with E-state index in [2.05, 4.69) is 20.8 Å². The van der Waals surface area contributed by atoms with Crippen LogP contribution in [0.25, 0.3) is 5.76 Å². The van der Waals surface area contributed by atoms with Gasteiger partial charge < -0.3 is 14.7 Å². The fourth-order valence-electron chi connectivity index (χ4n) is 4.28. The van der Waals surface area contributed by atoms with Gasteiger partial charge in [-0.05, 0) is 67.5 Å². The minimum absolute atomic E-state index is 0.0408. The van der Waals surface area contributed by atoms with E-state index >= 15 is 0 Å². The number of carbonyl (C=O) groups is 2. The number of ether oxygens (including phenoxy) is 1. The standard InChI is InChI=1S/C29H37NO4/c1-8-9-16-30-25(20-11-14-22(15-12-20)34-18(2)3)24(27(32)28(30)33)26(31)23-17-21(29(5,6)7)13-10-19(23)4/h10-15,17-18,25,31H,8-9,16H2,1-7H3/b26-24+. The summed E-state index contributed by atoms with van der Waals surface area (Å²) in [6.45, 7) is 14.6. The molecule has 1 heterocycles. The van der Waals surface area contributed by atoms with Gasteiger partial charge in [0.1, 0.15) is 11.5 Å². The third-order valence-corrected chi connectivity index (χ3v) is 6.22. The predicted octanol–water partition coefficient (Wildman–Crippen LogP) is 6.30. The van der Waals surface area contributed by atoms with E-state index in [-0.39, 0.29) is 22.9 Å². The summed E-state index contributed by atoms with van der Waals surface area (Å²) in [5.41, 5.74) is 3.29. The zero-order valence-corrected chi connectivity index (χ0v) is 21.4. The number of aliphatic hydroxyl groups is 1. The summed E-state index contributed by atoms with van der Waals surface area (Å²) in [4.78, 5) is 27.9. The van der Waals surface area contributed by atoms with Crippen molar-refractivity contribution in [2.45, 2.75) is 78.9 Å². The van der Waals surface area contributed by atoms with Crippen molar-refractivity contribution in [3.8, 4) is 5.75 Å². The number of hydrogen-bond acceptors (Lipinski definition) is 4. The quantitative estimate of drug-likeness (QED) is 0.297. The topological polar surface area (TPSA) is 66.8 Å². The van der Waals surface area contributed by atoms with Crippen LogP contribution in [0.4, 0.5) is 0 Å². The monoisotopic (exact) mass is 463 g/mol. The summed E-state index contributed by atoms with van der Waals surface area (Å²) in [6, 6.07) is 12.7. The van der Waals surface area contributed by atoms with Crippen LogP contribution in [0.5, 0.6) is 5.75 Å². The Morgan fingerprint density at radius 1 is 1.09 bits per heavy atom. The predicted molar refractivity (Wildman–Crippen MR) is 136 cm³/mol. The van der Waals surface area contributed by atoms with Crippen LogP contribution in [0.15, 0.2) is 48.0 Å². The number of rotatable bonds is 7. The second kappa shape index (κ2) is 10.0. The molecule has 1 aliphatic heterocycles. The van der Waals surface area contributed by atoms with Crippen LogP contribution in [0.2, 0.25) is 0 Å². The van der Waals surface area contributed by atoms with Gasteiger partial charge in [0, 0.05) is 12.1 Å². The van der Waals surface area contributed by atoms with E-state index in [1.165, 1.54) is 0 Å². The van der Waals surface area contributed by atoms with Gasteiger partial charge in [-0.3, -0.25) is 9.59 Å². The van der Waals surface area contributed by atoms with Gasteiger partial charge in [-0.1, -0.05) is 58.4 Å². The van der Waals surface area contributed by atoms with Crippen LogP contribution in [-0.2, 0) is 15.0 Å². The first kappa shape index (κ1) is 25.5. The van der Waals surface area contributed by atoms with E-state index in [1.54, 1.807) is 4.90 Å². The number of likely N-dealkylation sites (tertiary alicyclic amines) is 1. The smallest absolute Gasteiger partial charge is 0.295 e. The number of Topliss-reactive ketones (excluding diaryl/α,β-unsaturated/α-hetero) is 1. The summed E-state index contributed by atoms with van der Waals surface area (Å²) in [7, 11) is 0. The van der Waals surface area contributed by atoms with E-state index in [0.29, 0.717) is 12.1 Å². The van der Waals surface area contributed by atoms with Gasteiger partial charge in [-0.2, -0.15) is 0 Å². The second-order valence-electron chi connectivity index (χ2n) is 10.4. The van der Waals surface area contributed by atoms with Crippen LogP contribution >= 0.6 is 0 Å². The van der Waals surface area contributed by atoms with Crippen LogP contribution < -0.4 is 4.74 Å². The van der Waals surface area contributed by atoms with Crippen LogP contribution in [0.1, 0.15) is 82.7 Å². The number of amides is 1. The highest BCUT2D eigenvalue weighted by Crippen LogP contribution is 2.41. The van der Waals surface area contributed by atoms with Gasteiger partial charge >= 0.3 is 0 Å². The molecule has 5 heteroatoms. The van der Waals surface area contributed by atoms with Crippen molar-refractivity contribution in [1.82, 2.24) is 4.90 Å². The fourth-order valence-corrected chi connectivity index (χ4v) is 4.28. The normalized spacial score (nSPS) is 18.1. The molecule has 3 rings (SSSR count). The van der Waals surface area contributed by atoms with Crippen LogP contribution in [0.3, 0.4) is 0 Å². The summed E-state index contributed by atoms with van der Waals surface area (Å²) < 4.78 is 5.76. The Balaban J connectivity index is 2.17. The van der Waals surface area contributed by atoms with Crippen molar-refractivity contribution >= 4 is 17.4 Å². The minimum Gasteiger partial charge on any atom is -0.507 e. The van der Waals surface area contributed by atoms with E-state index < -0.39 is 17.7 Å². The molecule has 1 N–H and O–H groups in total. The van der Waals surface area contributed by atoms with Gasteiger partial charge in [-0.25, -0.2) is 0 Å². The van der Waals surface area contributed by atoms with Crippen LogP contribution in [0, 0.1) is 6.92 Å². The molecule has 2 aromatic carbocycles. The van der Waals surface area contributed by atoms with Crippen molar-refractivity contribution in [2.75, 3.05) is 6.54 Å². The van der Waals surface area contributed by atoms with E-state index in [9.17, 15) is 14.7 Å². The molecule has 0 aromatic heterocycles. The molecule has 0 bridgehead atoms. The lowest BCUT2D eigenvalue weighted by Crippen LogP contribution is -2.30. The van der Waals surface area contributed by atoms with Crippen molar-refractivity contribution in [1.29, 1.82) is 0 Å². The molecule has 1 aliphatic rings. The molecule has 34 heavy (non-hydrogen) atoms. The molecule has 1 unspecified atom stereocenters. The minimum atomic E-state index is -0.641. The zero-order chi connectivity index (χ0) is 25.2. The molecule has 0 radical (unpaired) electrons. The summed E-state index contributed by atoms with van der Waals surface area (Å²) in [5, 5.41) is 11.5. The highest BCUT2D eigenvalue weighted by atomic mass is 16.5. The average Bonchev–Trinajstić information content (AvgIpc) is 3.01. The number of aliphatic hydroxyl groups excluding tert-OH is 1. The molecular weight excluding hydrogens is 426 g/mol. The fraction of sp³-hybridized carbons (Fsp3) is 0.448. The Bertz CT molecular complexity index is 1090. The number of carbonyl (C=O) groups excluding carboxylic acids is 2. The Labute approximate surface area is 203 Å². The lowest BCUT2D eigenvalue weighted by molar-refractivity contribution is -0.139. The summed E-state index contributed by atoms with van der Waals surface area (Å²) >= 11 is 0. The Kier molecular flexibility index (Phi) is 7.54. The number of unbranched alkanes of at least 4 members (excludes halogenated alkanes) is 1. The first-order chi connectivity index (χ1) is 16.0. The van der Waals surface area contributed by atoms with Gasteiger partial charge in [-0.15, -0.1) is 0 Å². The highest BCUT2D eigenvalue weighted by Gasteiger charge is 2.45. The number of ketones is 1. The maximum Gasteiger partial charge on any atom is 0.295 e. The number of benzene rings is 2. The van der Waals surface area contributed by atoms with Crippen molar-refractivity contribution in [2.24, 2.45) is 0 Å². The molecule has 5 nitrogen and oxygen atoms in total. The molecule has 1 amide bonds. The average molecular weight is 464 g/mol. The molecule has 0 saturated carbocycles. The molecular formula is C29H37NO4. The number of hydrogen-bond donors (Lipinski definition) is 1. The number of aryl methyl sites for hydroxylation is 1. The van der Waals surface area contributed by atoms with Gasteiger partial charge in [0.15, 0.2) is 0 Å². The molecule has 1 fully saturated rings. The molecule has 2 aromatic rings. The number of nitrogens with zero attached hydrogens (tertiary/aromatic N) is 1. The van der Waals surface area contributed by atoms with Crippen molar-refractivity contribution in [3.05, 3.63) is 70.3 Å². The lowest BCUT2D eigenvalue weighted by Gasteiger charge is -2.26. The molecule has 0 aliphatic carbocycles. The summed E-state index contributed by atoms with van der Waals surface area (Å²) in [5.74, 6) is -0.597. The largest absolute Gasteiger partial charge is 0.507 e. The molecule has 1 atom stereocenters. The summed E-state index contributed by atoms with van der Waals surface area (Å²) in [6.07, 6.45) is 1.71. The van der Waals surface area contributed by atoms with Crippen LogP contribution in [-0.4, -0.2) is 34.3 Å². The maximum atomic E-state index is 13.2. The van der Waals surface area contributed by atoms with Gasteiger partial charge in [0.25, 0.3) is 11.7 Å². The molecule has 0 spiro atoms. The zero-order valence-electron chi connectivity index (χ0n) is 21.4. The first-order valence-corrected chi connectivity index (χ1v) is 12.1. The van der Waals surface area contributed by atoms with Gasteiger partial charge in [0.05, 0.1) is 17.7 Å². The third-order valence-electron chi connectivity index (χ3n) is 6.22. The Hall–Kier alpha value is -3.08. The van der Waals surface area contributed by atoms with E-state index in [0.717, 1.165) is 35.3 Å². The van der Waals surface area contributed by atoms with Crippen molar-refractivity contribution in [3.63, 3.8) is 0 Å². The Morgan fingerprint density at radius 2 is 1.74 bits per heavy atom. The highest BCUT2D eigenvalue weighted by molar-refractivity contribution is 6.46. The maximum absolute atomic E-state index is 13.2. The second-order valence-corrected chi connectivity index (χ2v) is 10.4. The van der Waals surface area contributed by atoms with E-state index in [1.807, 2.05) is 70.2 Å². The first-order valence-electron chi connectivity index (χ1n) is 12.1. The van der Waals surface area contributed by atoms with E-state index in [4.69, 9.17) is 4.74 Å². The molecule has 1 saturated heterocycles. The third kappa shape index (κ3) is 5.19.